The van der Waals surface area contributed by atoms with E-state index in [0.29, 0.717) is 0 Å². The van der Waals surface area contributed by atoms with Crippen molar-refractivity contribution in [1.82, 2.24) is 5.32 Å². The Bertz CT molecular complexity index is 210. The van der Waals surface area contributed by atoms with Gasteiger partial charge in [0.05, 0.1) is 0 Å². The molecule has 0 aromatic rings. The summed E-state index contributed by atoms with van der Waals surface area (Å²) in [5.41, 5.74) is 1.18. The fourth-order valence-electron chi connectivity index (χ4n) is 2.83. The summed E-state index contributed by atoms with van der Waals surface area (Å²) in [6.07, 6.45) is 22.6. The third-order valence-corrected chi connectivity index (χ3v) is 4.44. The molecule has 0 spiro atoms. The molecule has 0 aromatic carbocycles. The summed E-state index contributed by atoms with van der Waals surface area (Å²) in [5.74, 6) is 0. The van der Waals surface area contributed by atoms with E-state index in [2.05, 4.69) is 18.8 Å². The van der Waals surface area contributed by atoms with Gasteiger partial charge in [-0.2, -0.15) is 0 Å². The molecule has 21 heavy (non-hydrogen) atoms. The van der Waals surface area contributed by atoms with Crippen molar-refractivity contribution in [3.05, 3.63) is 12.3 Å². The lowest BCUT2D eigenvalue weighted by molar-refractivity contribution is 0.531. The molecule has 1 heteroatoms. The standard InChI is InChI=1S/C20H41N/c1-4-5-6-7-8-9-10-11-12-13-14-15-16-17-18-19-20(2)21-3/h21H,2,4-19H2,1,3H3. The Morgan fingerprint density at radius 3 is 1.29 bits per heavy atom. The van der Waals surface area contributed by atoms with Gasteiger partial charge in [0.25, 0.3) is 0 Å². The smallest absolute Gasteiger partial charge is 0.00310 e. The number of unbranched alkanes of at least 4 members (excludes halogenated alkanes) is 14. The first-order valence-corrected chi connectivity index (χ1v) is 9.66. The molecule has 0 saturated heterocycles. The van der Waals surface area contributed by atoms with E-state index in [1.165, 1.54) is 102 Å². The predicted molar refractivity (Wildman–Crippen MR) is 97.7 cm³/mol. The molecule has 0 aliphatic heterocycles. The van der Waals surface area contributed by atoms with Crippen LogP contribution >= 0.6 is 0 Å². The summed E-state index contributed by atoms with van der Waals surface area (Å²) in [5, 5.41) is 3.12. The van der Waals surface area contributed by atoms with E-state index in [9.17, 15) is 0 Å². The number of rotatable bonds is 17. The zero-order valence-electron chi connectivity index (χ0n) is 15.0. The molecule has 0 bridgehead atoms. The maximum atomic E-state index is 3.97. The molecule has 0 unspecified atom stereocenters. The Kier molecular flexibility index (Phi) is 17.2. The lowest BCUT2D eigenvalue weighted by atomic mass is 10.0. The zero-order chi connectivity index (χ0) is 15.6. The van der Waals surface area contributed by atoms with E-state index < -0.39 is 0 Å². The van der Waals surface area contributed by atoms with Crippen molar-refractivity contribution in [2.45, 2.75) is 110 Å². The minimum atomic E-state index is 1.15. The minimum Gasteiger partial charge on any atom is -0.392 e. The van der Waals surface area contributed by atoms with Crippen LogP contribution in [0.2, 0.25) is 0 Å². The Morgan fingerprint density at radius 2 is 0.952 bits per heavy atom. The molecule has 0 saturated carbocycles. The van der Waals surface area contributed by atoms with Crippen LogP contribution in [0.25, 0.3) is 0 Å². The van der Waals surface area contributed by atoms with Crippen LogP contribution in [0.15, 0.2) is 12.3 Å². The fourth-order valence-corrected chi connectivity index (χ4v) is 2.83. The molecule has 0 heterocycles. The molecular weight excluding hydrogens is 254 g/mol. The van der Waals surface area contributed by atoms with Crippen molar-refractivity contribution in [3.8, 4) is 0 Å². The summed E-state index contributed by atoms with van der Waals surface area (Å²) < 4.78 is 0. The van der Waals surface area contributed by atoms with Crippen molar-refractivity contribution in [2.24, 2.45) is 0 Å². The van der Waals surface area contributed by atoms with Crippen LogP contribution in [-0.2, 0) is 0 Å². The van der Waals surface area contributed by atoms with Gasteiger partial charge in [0.1, 0.15) is 0 Å². The minimum absolute atomic E-state index is 1.15. The summed E-state index contributed by atoms with van der Waals surface area (Å²) in [7, 11) is 1.97. The normalized spacial score (nSPS) is 10.8. The topological polar surface area (TPSA) is 12.0 Å². The van der Waals surface area contributed by atoms with Gasteiger partial charge >= 0.3 is 0 Å². The molecule has 0 atom stereocenters. The Balaban J connectivity index is 2.98. The first kappa shape index (κ1) is 20.5. The molecule has 0 aliphatic rings. The van der Waals surface area contributed by atoms with Gasteiger partial charge < -0.3 is 5.32 Å². The Labute approximate surface area is 135 Å². The maximum Gasteiger partial charge on any atom is 0.00310 e. The van der Waals surface area contributed by atoms with Gasteiger partial charge in [-0.1, -0.05) is 103 Å². The van der Waals surface area contributed by atoms with Gasteiger partial charge in [-0.3, -0.25) is 0 Å². The average molecular weight is 296 g/mol. The third kappa shape index (κ3) is 17.5. The van der Waals surface area contributed by atoms with Crippen molar-refractivity contribution < 1.29 is 0 Å². The van der Waals surface area contributed by atoms with Crippen molar-refractivity contribution in [3.63, 3.8) is 0 Å². The largest absolute Gasteiger partial charge is 0.392 e. The first-order valence-electron chi connectivity index (χ1n) is 9.66. The first-order chi connectivity index (χ1) is 10.3. The zero-order valence-corrected chi connectivity index (χ0v) is 15.0. The Hall–Kier alpha value is -0.460. The highest BCUT2D eigenvalue weighted by atomic mass is 14.8. The molecular formula is C20H41N. The van der Waals surface area contributed by atoms with E-state index in [1.54, 1.807) is 0 Å². The second-order valence-corrected chi connectivity index (χ2v) is 6.55. The maximum absolute atomic E-state index is 3.97. The highest BCUT2D eigenvalue weighted by Gasteiger charge is 1.95. The van der Waals surface area contributed by atoms with Crippen molar-refractivity contribution >= 4 is 0 Å². The van der Waals surface area contributed by atoms with Crippen LogP contribution in [0.1, 0.15) is 110 Å². The van der Waals surface area contributed by atoms with Crippen LogP contribution in [0.5, 0.6) is 0 Å². The van der Waals surface area contributed by atoms with Crippen LogP contribution in [0.3, 0.4) is 0 Å². The highest BCUT2D eigenvalue weighted by Crippen LogP contribution is 2.14. The van der Waals surface area contributed by atoms with Gasteiger partial charge in [0.15, 0.2) is 0 Å². The molecule has 0 rings (SSSR count). The molecule has 0 radical (unpaired) electrons. The molecule has 0 aromatic heterocycles. The van der Waals surface area contributed by atoms with Crippen molar-refractivity contribution in [1.29, 1.82) is 0 Å². The number of allylic oxidation sites excluding steroid dienone is 1. The van der Waals surface area contributed by atoms with E-state index in [4.69, 9.17) is 0 Å². The van der Waals surface area contributed by atoms with Crippen LogP contribution in [0, 0.1) is 0 Å². The van der Waals surface area contributed by atoms with Crippen molar-refractivity contribution in [2.75, 3.05) is 7.05 Å². The molecule has 1 nitrogen and oxygen atoms in total. The lowest BCUT2D eigenvalue weighted by Crippen LogP contribution is -2.03. The van der Waals surface area contributed by atoms with Crippen LogP contribution in [0.4, 0.5) is 0 Å². The summed E-state index contributed by atoms with van der Waals surface area (Å²) in [6.45, 7) is 6.26. The van der Waals surface area contributed by atoms with Gasteiger partial charge in [-0.05, 0) is 12.8 Å². The third-order valence-electron chi connectivity index (χ3n) is 4.44. The van der Waals surface area contributed by atoms with Crippen LogP contribution in [-0.4, -0.2) is 7.05 Å². The van der Waals surface area contributed by atoms with E-state index in [-0.39, 0.29) is 0 Å². The number of hydrogen-bond acceptors (Lipinski definition) is 1. The molecule has 126 valence electrons. The second kappa shape index (κ2) is 17.6. The quantitative estimate of drug-likeness (QED) is 0.285. The summed E-state index contributed by atoms with van der Waals surface area (Å²) >= 11 is 0. The second-order valence-electron chi connectivity index (χ2n) is 6.55. The van der Waals surface area contributed by atoms with E-state index in [0.717, 1.165) is 6.42 Å². The number of hydrogen-bond donors (Lipinski definition) is 1. The molecule has 0 aliphatic carbocycles. The molecule has 1 N–H and O–H groups in total. The van der Waals surface area contributed by atoms with Gasteiger partial charge in [-0.25, -0.2) is 0 Å². The lowest BCUT2D eigenvalue weighted by Gasteiger charge is -2.05. The predicted octanol–water partition coefficient (Wildman–Crippen LogP) is 6.98. The van der Waals surface area contributed by atoms with Gasteiger partial charge in [0, 0.05) is 12.7 Å². The fraction of sp³-hybridized carbons (Fsp3) is 0.900. The Morgan fingerprint density at radius 1 is 0.619 bits per heavy atom. The summed E-state index contributed by atoms with van der Waals surface area (Å²) in [6, 6.07) is 0. The molecule has 0 fully saturated rings. The highest BCUT2D eigenvalue weighted by molar-refractivity contribution is 4.88. The SMILES string of the molecule is C=C(CCCCCCCCCCCCCCCCC)NC. The van der Waals surface area contributed by atoms with E-state index in [1.807, 2.05) is 7.05 Å². The van der Waals surface area contributed by atoms with E-state index >= 15 is 0 Å². The monoisotopic (exact) mass is 295 g/mol. The van der Waals surface area contributed by atoms with Gasteiger partial charge in [-0.15, -0.1) is 0 Å². The van der Waals surface area contributed by atoms with Gasteiger partial charge in [0.2, 0.25) is 0 Å². The summed E-state index contributed by atoms with van der Waals surface area (Å²) in [4.78, 5) is 0. The average Bonchev–Trinajstić information content (AvgIpc) is 2.50. The number of nitrogens with one attached hydrogen (secondary N) is 1. The van der Waals surface area contributed by atoms with Crippen LogP contribution < -0.4 is 5.32 Å². The molecule has 0 amide bonds.